The molecule has 1 rings (SSSR count). The number of hydrogen-bond acceptors (Lipinski definition) is 3. The van der Waals surface area contributed by atoms with Gasteiger partial charge in [0.2, 0.25) is 11.8 Å². The highest BCUT2D eigenvalue weighted by atomic mass is 16.2. The van der Waals surface area contributed by atoms with Gasteiger partial charge in [0.15, 0.2) is 0 Å². The van der Waals surface area contributed by atoms with Crippen LogP contribution in [0.2, 0.25) is 0 Å². The second-order valence-electron chi connectivity index (χ2n) is 5.52. The van der Waals surface area contributed by atoms with Crippen molar-refractivity contribution in [2.24, 2.45) is 11.7 Å². The molecule has 1 atom stereocenters. The van der Waals surface area contributed by atoms with Crippen molar-refractivity contribution in [1.29, 1.82) is 0 Å². The molecule has 0 unspecified atom stereocenters. The number of hydrogen-bond donors (Lipinski definition) is 3. The molecule has 0 spiro atoms. The van der Waals surface area contributed by atoms with Crippen LogP contribution >= 0.6 is 0 Å². The quantitative estimate of drug-likeness (QED) is 0.647. The second-order valence-corrected chi connectivity index (χ2v) is 5.52. The summed E-state index contributed by atoms with van der Waals surface area (Å²) in [5, 5.41) is 5.59. The predicted molar refractivity (Wildman–Crippen MR) is 70.8 cm³/mol. The smallest absolute Gasteiger partial charge is 0.239 e. The van der Waals surface area contributed by atoms with Crippen molar-refractivity contribution in [1.82, 2.24) is 10.6 Å². The Balaban J connectivity index is 2.31. The summed E-state index contributed by atoms with van der Waals surface area (Å²) in [6, 6.07) is -0.554. The number of rotatable bonds is 6. The maximum Gasteiger partial charge on any atom is 0.239 e. The molecule has 2 amide bonds. The molecule has 5 nitrogen and oxygen atoms in total. The number of carbonyl (C=O) groups excluding carboxylic acids is 2. The average molecular weight is 255 g/mol. The van der Waals surface area contributed by atoms with Gasteiger partial charge in [0.05, 0.1) is 12.6 Å². The van der Waals surface area contributed by atoms with Crippen molar-refractivity contribution < 1.29 is 9.59 Å². The zero-order chi connectivity index (χ0) is 13.8. The molecule has 0 saturated heterocycles. The Bertz CT molecular complexity index is 306. The fourth-order valence-electron chi connectivity index (χ4n) is 2.10. The van der Waals surface area contributed by atoms with Crippen LogP contribution in [0.1, 0.15) is 46.5 Å². The van der Waals surface area contributed by atoms with E-state index < -0.39 is 6.04 Å². The minimum Gasteiger partial charge on any atom is -0.349 e. The summed E-state index contributed by atoms with van der Waals surface area (Å²) < 4.78 is 0. The van der Waals surface area contributed by atoms with Gasteiger partial charge in [-0.15, -0.1) is 0 Å². The molecular weight excluding hydrogens is 230 g/mol. The summed E-state index contributed by atoms with van der Waals surface area (Å²) in [4.78, 5) is 23.3. The number of carbonyl (C=O) groups is 2. The molecule has 0 aromatic carbocycles. The van der Waals surface area contributed by atoms with Crippen LogP contribution in [-0.4, -0.2) is 29.9 Å². The lowest BCUT2D eigenvalue weighted by atomic mass is 9.75. The highest BCUT2D eigenvalue weighted by Gasteiger charge is 2.36. The van der Waals surface area contributed by atoms with E-state index in [-0.39, 0.29) is 29.8 Å². The van der Waals surface area contributed by atoms with Crippen LogP contribution in [-0.2, 0) is 9.59 Å². The Morgan fingerprint density at radius 2 is 1.94 bits per heavy atom. The van der Waals surface area contributed by atoms with E-state index in [9.17, 15) is 9.59 Å². The van der Waals surface area contributed by atoms with E-state index in [0.29, 0.717) is 0 Å². The van der Waals surface area contributed by atoms with Crippen molar-refractivity contribution in [3.8, 4) is 0 Å². The zero-order valence-electron chi connectivity index (χ0n) is 11.6. The predicted octanol–water partition coefficient (Wildman–Crippen LogP) is 0.535. The Morgan fingerprint density at radius 3 is 2.33 bits per heavy atom. The average Bonchev–Trinajstić information content (AvgIpc) is 2.29. The molecule has 1 fully saturated rings. The third-order valence-corrected chi connectivity index (χ3v) is 3.84. The Labute approximate surface area is 109 Å². The summed E-state index contributed by atoms with van der Waals surface area (Å²) in [6.07, 6.45) is 4.18. The molecule has 1 aliphatic rings. The fourth-order valence-corrected chi connectivity index (χ4v) is 2.10. The largest absolute Gasteiger partial charge is 0.349 e. The monoisotopic (exact) mass is 255 g/mol. The van der Waals surface area contributed by atoms with Gasteiger partial charge in [-0.25, -0.2) is 0 Å². The number of nitrogens with one attached hydrogen (secondary N) is 2. The summed E-state index contributed by atoms with van der Waals surface area (Å²) in [5.74, 6) is -0.318. The minimum absolute atomic E-state index is 0.0149. The van der Waals surface area contributed by atoms with Crippen LogP contribution in [0.5, 0.6) is 0 Å². The Morgan fingerprint density at radius 1 is 1.33 bits per heavy atom. The third-order valence-electron chi connectivity index (χ3n) is 3.84. The summed E-state index contributed by atoms with van der Waals surface area (Å²) in [5.41, 5.74) is 5.67. The highest BCUT2D eigenvalue weighted by molar-refractivity contribution is 5.87. The third kappa shape index (κ3) is 3.70. The number of nitrogens with two attached hydrogens (primary N) is 1. The minimum atomic E-state index is -0.554. The lowest BCUT2D eigenvalue weighted by Gasteiger charge is -2.42. The highest BCUT2D eigenvalue weighted by Crippen LogP contribution is 2.34. The van der Waals surface area contributed by atoms with Gasteiger partial charge in [0, 0.05) is 5.54 Å². The molecule has 5 heteroatoms. The molecule has 0 bridgehead atoms. The van der Waals surface area contributed by atoms with Gasteiger partial charge in [-0.05, 0) is 31.6 Å². The van der Waals surface area contributed by atoms with Crippen molar-refractivity contribution in [2.75, 3.05) is 6.54 Å². The van der Waals surface area contributed by atoms with Gasteiger partial charge < -0.3 is 16.4 Å². The Hall–Kier alpha value is -1.10. The van der Waals surface area contributed by atoms with Crippen LogP contribution in [0.15, 0.2) is 0 Å². The molecule has 0 aromatic rings. The topological polar surface area (TPSA) is 84.2 Å². The van der Waals surface area contributed by atoms with Crippen LogP contribution in [0.3, 0.4) is 0 Å². The lowest BCUT2D eigenvalue weighted by Crippen LogP contribution is -2.56. The van der Waals surface area contributed by atoms with Crippen LogP contribution in [0.4, 0.5) is 0 Å². The standard InChI is InChI=1S/C13H25N3O2/c1-4-13(6-5-7-13)16-10(17)8-15-12(18)11(14)9(2)3/h9,11H,4-8,14H2,1-3H3,(H,15,18)(H,16,17)/t11-/m0/s1. The van der Waals surface area contributed by atoms with Crippen molar-refractivity contribution in [3.63, 3.8) is 0 Å². The van der Waals surface area contributed by atoms with Gasteiger partial charge >= 0.3 is 0 Å². The maximum absolute atomic E-state index is 11.7. The molecule has 0 aromatic heterocycles. The van der Waals surface area contributed by atoms with Gasteiger partial charge in [-0.2, -0.15) is 0 Å². The molecular formula is C13H25N3O2. The van der Waals surface area contributed by atoms with Gasteiger partial charge in [-0.1, -0.05) is 20.8 Å². The number of amides is 2. The molecule has 1 saturated carbocycles. The normalized spacial score (nSPS) is 18.9. The van der Waals surface area contributed by atoms with E-state index in [1.165, 1.54) is 6.42 Å². The summed E-state index contributed by atoms with van der Waals surface area (Å²) in [7, 11) is 0. The second kappa shape index (κ2) is 6.18. The fraction of sp³-hybridized carbons (Fsp3) is 0.846. The molecule has 0 aliphatic heterocycles. The summed E-state index contributed by atoms with van der Waals surface area (Å²) in [6.45, 7) is 5.85. The lowest BCUT2D eigenvalue weighted by molar-refractivity contribution is -0.128. The first kappa shape index (κ1) is 15.0. The van der Waals surface area contributed by atoms with Crippen molar-refractivity contribution in [2.45, 2.75) is 58.0 Å². The van der Waals surface area contributed by atoms with Crippen LogP contribution in [0, 0.1) is 5.92 Å². The molecule has 1 aliphatic carbocycles. The molecule has 0 radical (unpaired) electrons. The molecule has 104 valence electrons. The van der Waals surface area contributed by atoms with Crippen molar-refractivity contribution >= 4 is 11.8 Å². The Kier molecular flexibility index (Phi) is 5.14. The van der Waals surface area contributed by atoms with Gasteiger partial charge in [-0.3, -0.25) is 9.59 Å². The van der Waals surface area contributed by atoms with Crippen LogP contribution < -0.4 is 16.4 Å². The molecule has 4 N–H and O–H groups in total. The first-order valence-electron chi connectivity index (χ1n) is 6.74. The van der Waals surface area contributed by atoms with E-state index in [1.54, 1.807) is 0 Å². The van der Waals surface area contributed by atoms with E-state index in [4.69, 9.17) is 5.73 Å². The first-order valence-corrected chi connectivity index (χ1v) is 6.74. The maximum atomic E-state index is 11.7. The van der Waals surface area contributed by atoms with Crippen molar-refractivity contribution in [3.05, 3.63) is 0 Å². The summed E-state index contributed by atoms with van der Waals surface area (Å²) >= 11 is 0. The van der Waals surface area contributed by atoms with E-state index in [2.05, 4.69) is 17.6 Å². The molecule has 0 heterocycles. The van der Waals surface area contributed by atoms with E-state index in [1.807, 2.05) is 13.8 Å². The SMILES string of the molecule is CCC1(NC(=O)CNC(=O)[C@@H](N)C(C)C)CCC1. The van der Waals surface area contributed by atoms with E-state index in [0.717, 1.165) is 19.3 Å². The zero-order valence-corrected chi connectivity index (χ0v) is 11.6. The molecule has 18 heavy (non-hydrogen) atoms. The van der Waals surface area contributed by atoms with Crippen LogP contribution in [0.25, 0.3) is 0 Å². The van der Waals surface area contributed by atoms with Gasteiger partial charge in [0.1, 0.15) is 0 Å². The first-order chi connectivity index (χ1) is 8.40. The van der Waals surface area contributed by atoms with E-state index >= 15 is 0 Å². The van der Waals surface area contributed by atoms with Gasteiger partial charge in [0.25, 0.3) is 0 Å².